The molecule has 0 aliphatic rings. The smallest absolute Gasteiger partial charge is 0.0992 e. The molecule has 19 heavy (non-hydrogen) atoms. The molecule has 2 nitrogen and oxygen atoms in total. The van der Waals surface area contributed by atoms with Gasteiger partial charge in [0.25, 0.3) is 0 Å². The van der Waals surface area contributed by atoms with E-state index in [1.165, 1.54) is 5.56 Å². The van der Waals surface area contributed by atoms with Crippen LogP contribution in [0.2, 0.25) is 5.02 Å². The number of rotatable bonds is 2. The van der Waals surface area contributed by atoms with Crippen LogP contribution in [-0.2, 0) is 6.54 Å². The normalized spacial score (nSPS) is 10.5. The number of aromatic nitrogens is 1. The molecule has 1 heterocycles. The van der Waals surface area contributed by atoms with Gasteiger partial charge in [0, 0.05) is 23.3 Å². The first-order valence-electron chi connectivity index (χ1n) is 6.00. The molecule has 0 bridgehead atoms. The number of hydrogen-bond donors (Lipinski definition) is 0. The summed E-state index contributed by atoms with van der Waals surface area (Å²) in [4.78, 5) is 0. The predicted octanol–water partition coefficient (Wildman–Crippen LogP) is 4.21. The summed E-state index contributed by atoms with van der Waals surface area (Å²) < 4.78 is 2.14. The topological polar surface area (TPSA) is 28.7 Å². The van der Waals surface area contributed by atoms with Gasteiger partial charge >= 0.3 is 0 Å². The Bertz CT molecular complexity index is 764. The van der Waals surface area contributed by atoms with Crippen molar-refractivity contribution >= 4 is 22.5 Å². The lowest BCUT2D eigenvalue weighted by Gasteiger charge is -2.06. The molecule has 0 N–H and O–H groups in total. The van der Waals surface area contributed by atoms with Crippen LogP contribution in [0.5, 0.6) is 0 Å². The van der Waals surface area contributed by atoms with Gasteiger partial charge < -0.3 is 4.57 Å². The molecular formula is C16H11ClN2. The van der Waals surface area contributed by atoms with Gasteiger partial charge in [-0.1, -0.05) is 29.8 Å². The molecule has 0 unspecified atom stereocenters. The Balaban J connectivity index is 2.01. The van der Waals surface area contributed by atoms with Crippen LogP contribution < -0.4 is 0 Å². The quantitative estimate of drug-likeness (QED) is 0.683. The van der Waals surface area contributed by atoms with Gasteiger partial charge in [-0.25, -0.2) is 0 Å². The van der Waals surface area contributed by atoms with E-state index in [0.29, 0.717) is 5.56 Å². The summed E-state index contributed by atoms with van der Waals surface area (Å²) in [7, 11) is 0. The van der Waals surface area contributed by atoms with E-state index in [2.05, 4.69) is 16.7 Å². The van der Waals surface area contributed by atoms with Crippen LogP contribution in [0.1, 0.15) is 11.1 Å². The zero-order valence-corrected chi connectivity index (χ0v) is 10.9. The van der Waals surface area contributed by atoms with Crippen LogP contribution in [0.25, 0.3) is 10.9 Å². The number of hydrogen-bond acceptors (Lipinski definition) is 1. The van der Waals surface area contributed by atoms with E-state index in [-0.39, 0.29) is 0 Å². The first kappa shape index (κ1) is 11.8. The highest BCUT2D eigenvalue weighted by atomic mass is 35.5. The molecule has 3 rings (SSSR count). The molecule has 0 aliphatic heterocycles. The molecule has 0 radical (unpaired) electrons. The molecule has 0 saturated carbocycles. The highest BCUT2D eigenvalue weighted by Crippen LogP contribution is 2.19. The summed E-state index contributed by atoms with van der Waals surface area (Å²) in [6, 6.07) is 17.8. The molecule has 3 aromatic rings. The fourth-order valence-corrected chi connectivity index (χ4v) is 2.30. The lowest BCUT2D eigenvalue weighted by molar-refractivity contribution is 0.837. The average molecular weight is 267 g/mol. The third kappa shape index (κ3) is 2.33. The van der Waals surface area contributed by atoms with Crippen molar-refractivity contribution in [3.8, 4) is 6.07 Å². The van der Waals surface area contributed by atoms with Crippen molar-refractivity contribution in [3.63, 3.8) is 0 Å². The lowest BCUT2D eigenvalue weighted by atomic mass is 10.2. The molecule has 0 saturated heterocycles. The van der Waals surface area contributed by atoms with Crippen LogP contribution in [0, 0.1) is 11.3 Å². The second kappa shape index (κ2) is 4.79. The van der Waals surface area contributed by atoms with E-state index in [1.807, 2.05) is 48.7 Å². The number of nitrogens with zero attached hydrogens (tertiary/aromatic N) is 2. The monoisotopic (exact) mass is 266 g/mol. The minimum atomic E-state index is 0.684. The van der Waals surface area contributed by atoms with Gasteiger partial charge in [-0.15, -0.1) is 0 Å². The number of fused-ring (bicyclic) bond motifs is 1. The number of nitriles is 1. The van der Waals surface area contributed by atoms with E-state index in [9.17, 15) is 0 Å². The molecule has 0 spiro atoms. The van der Waals surface area contributed by atoms with E-state index in [0.717, 1.165) is 22.5 Å². The molecular weight excluding hydrogens is 256 g/mol. The molecule has 0 atom stereocenters. The maximum atomic E-state index is 8.97. The Morgan fingerprint density at radius 1 is 1.05 bits per heavy atom. The van der Waals surface area contributed by atoms with Crippen molar-refractivity contribution in [3.05, 3.63) is 70.9 Å². The van der Waals surface area contributed by atoms with Crippen LogP contribution in [-0.4, -0.2) is 4.57 Å². The predicted molar refractivity (Wildman–Crippen MR) is 77.2 cm³/mol. The highest BCUT2D eigenvalue weighted by molar-refractivity contribution is 6.30. The van der Waals surface area contributed by atoms with Crippen molar-refractivity contribution in [2.24, 2.45) is 0 Å². The maximum absolute atomic E-state index is 8.97. The van der Waals surface area contributed by atoms with E-state index >= 15 is 0 Å². The molecule has 0 aliphatic carbocycles. The molecule has 0 amide bonds. The van der Waals surface area contributed by atoms with Gasteiger partial charge in [0.15, 0.2) is 0 Å². The van der Waals surface area contributed by atoms with Gasteiger partial charge in [0.2, 0.25) is 0 Å². The summed E-state index contributed by atoms with van der Waals surface area (Å²) >= 11 is 5.89. The Kier molecular flexibility index (Phi) is 2.98. The van der Waals surface area contributed by atoms with Gasteiger partial charge in [0.1, 0.15) is 0 Å². The second-order valence-corrected chi connectivity index (χ2v) is 4.89. The minimum Gasteiger partial charge on any atom is -0.343 e. The second-order valence-electron chi connectivity index (χ2n) is 4.46. The maximum Gasteiger partial charge on any atom is 0.0992 e. The van der Waals surface area contributed by atoms with E-state index in [4.69, 9.17) is 16.9 Å². The average Bonchev–Trinajstić information content (AvgIpc) is 2.84. The van der Waals surface area contributed by atoms with Crippen molar-refractivity contribution in [2.75, 3.05) is 0 Å². The Labute approximate surface area is 116 Å². The molecule has 92 valence electrons. The fourth-order valence-electron chi connectivity index (χ4n) is 2.18. The van der Waals surface area contributed by atoms with Gasteiger partial charge in [0.05, 0.1) is 11.6 Å². The Morgan fingerprint density at radius 2 is 1.84 bits per heavy atom. The van der Waals surface area contributed by atoms with Gasteiger partial charge in [-0.3, -0.25) is 0 Å². The standard InChI is InChI=1S/C16H11ClN2/c17-15-5-2-12(3-6-15)11-19-8-7-14-4-1-13(10-18)9-16(14)19/h1-9H,11H2. The van der Waals surface area contributed by atoms with Crippen molar-refractivity contribution < 1.29 is 0 Å². The van der Waals surface area contributed by atoms with Crippen LogP contribution >= 0.6 is 11.6 Å². The Morgan fingerprint density at radius 3 is 2.58 bits per heavy atom. The highest BCUT2D eigenvalue weighted by Gasteiger charge is 2.03. The largest absolute Gasteiger partial charge is 0.343 e. The summed E-state index contributed by atoms with van der Waals surface area (Å²) in [6.45, 7) is 0.773. The summed E-state index contributed by atoms with van der Waals surface area (Å²) in [5, 5.41) is 10.9. The van der Waals surface area contributed by atoms with Gasteiger partial charge in [-0.2, -0.15) is 5.26 Å². The first-order valence-corrected chi connectivity index (χ1v) is 6.37. The third-order valence-electron chi connectivity index (χ3n) is 3.17. The van der Waals surface area contributed by atoms with Crippen LogP contribution in [0.3, 0.4) is 0 Å². The lowest BCUT2D eigenvalue weighted by Crippen LogP contribution is -1.97. The SMILES string of the molecule is N#Cc1ccc2ccn(Cc3ccc(Cl)cc3)c2c1. The Hall–Kier alpha value is -2.24. The molecule has 3 heteroatoms. The van der Waals surface area contributed by atoms with Crippen molar-refractivity contribution in [2.45, 2.75) is 6.54 Å². The molecule has 0 fully saturated rings. The zero-order chi connectivity index (χ0) is 13.2. The molecule has 1 aromatic heterocycles. The first-order chi connectivity index (χ1) is 9.26. The molecule has 2 aromatic carbocycles. The van der Waals surface area contributed by atoms with Crippen molar-refractivity contribution in [1.82, 2.24) is 4.57 Å². The number of halogens is 1. The van der Waals surface area contributed by atoms with Crippen molar-refractivity contribution in [1.29, 1.82) is 5.26 Å². The van der Waals surface area contributed by atoms with Gasteiger partial charge in [-0.05, 0) is 41.3 Å². The van der Waals surface area contributed by atoms with Crippen LogP contribution in [0.15, 0.2) is 54.7 Å². The van der Waals surface area contributed by atoms with E-state index in [1.54, 1.807) is 0 Å². The fraction of sp³-hybridized carbons (Fsp3) is 0.0625. The number of benzene rings is 2. The van der Waals surface area contributed by atoms with E-state index < -0.39 is 0 Å². The summed E-state index contributed by atoms with van der Waals surface area (Å²) in [5.41, 5.74) is 2.95. The third-order valence-corrected chi connectivity index (χ3v) is 3.42. The zero-order valence-electron chi connectivity index (χ0n) is 10.2. The van der Waals surface area contributed by atoms with Crippen LogP contribution in [0.4, 0.5) is 0 Å². The minimum absolute atomic E-state index is 0.684. The summed E-state index contributed by atoms with van der Waals surface area (Å²) in [5.74, 6) is 0. The summed E-state index contributed by atoms with van der Waals surface area (Å²) in [6.07, 6.45) is 2.04.